The van der Waals surface area contributed by atoms with Crippen molar-refractivity contribution in [3.05, 3.63) is 41.1 Å². The highest BCUT2D eigenvalue weighted by Crippen LogP contribution is 2.30. The Morgan fingerprint density at radius 2 is 1.88 bits per heavy atom. The standard InChI is InChI=1S/C19H24N2O4/c1-3-24-18(22)16-12(2)20-19(23)21-17(16)13-8-10-15(11-9-13)25-14-6-4-5-7-14/h8-11,14,17H,3-7H2,1-2H3,(H2,20,21,23)/t17-/m0/s1. The van der Waals surface area contributed by atoms with Gasteiger partial charge < -0.3 is 20.1 Å². The van der Waals surface area contributed by atoms with Gasteiger partial charge in [0.25, 0.3) is 0 Å². The minimum absolute atomic E-state index is 0.282. The van der Waals surface area contributed by atoms with E-state index in [1.54, 1.807) is 13.8 Å². The average Bonchev–Trinajstić information content (AvgIpc) is 3.08. The molecule has 0 saturated heterocycles. The summed E-state index contributed by atoms with van der Waals surface area (Å²) in [5.74, 6) is 0.387. The maximum atomic E-state index is 12.3. The predicted molar refractivity (Wildman–Crippen MR) is 93.1 cm³/mol. The number of ether oxygens (including phenoxy) is 2. The fourth-order valence-corrected chi connectivity index (χ4v) is 3.36. The van der Waals surface area contributed by atoms with Crippen molar-refractivity contribution in [3.8, 4) is 5.75 Å². The fraction of sp³-hybridized carbons (Fsp3) is 0.474. The molecule has 6 nitrogen and oxygen atoms in total. The Morgan fingerprint density at radius 1 is 1.20 bits per heavy atom. The molecule has 1 fully saturated rings. The van der Waals surface area contributed by atoms with Gasteiger partial charge in [0.15, 0.2) is 0 Å². The number of amides is 2. The number of benzene rings is 1. The van der Waals surface area contributed by atoms with E-state index < -0.39 is 12.0 Å². The van der Waals surface area contributed by atoms with Gasteiger partial charge in [-0.25, -0.2) is 9.59 Å². The smallest absolute Gasteiger partial charge is 0.338 e. The van der Waals surface area contributed by atoms with Crippen LogP contribution in [-0.2, 0) is 9.53 Å². The summed E-state index contributed by atoms with van der Waals surface area (Å²) < 4.78 is 11.1. The number of rotatable bonds is 5. The average molecular weight is 344 g/mol. The highest BCUT2D eigenvalue weighted by atomic mass is 16.5. The Bertz CT molecular complexity index is 675. The number of nitrogens with one attached hydrogen (secondary N) is 2. The van der Waals surface area contributed by atoms with Gasteiger partial charge in [0.2, 0.25) is 0 Å². The second-order valence-electron chi connectivity index (χ2n) is 6.38. The maximum Gasteiger partial charge on any atom is 0.338 e. The molecule has 1 heterocycles. The van der Waals surface area contributed by atoms with E-state index in [2.05, 4.69) is 10.6 Å². The van der Waals surface area contributed by atoms with E-state index in [9.17, 15) is 9.59 Å². The lowest BCUT2D eigenvalue weighted by Gasteiger charge is -2.28. The number of hydrogen-bond donors (Lipinski definition) is 2. The molecule has 3 rings (SSSR count). The molecule has 0 radical (unpaired) electrons. The Labute approximate surface area is 147 Å². The summed E-state index contributed by atoms with van der Waals surface area (Å²) in [7, 11) is 0. The number of carbonyl (C=O) groups is 2. The minimum Gasteiger partial charge on any atom is -0.490 e. The third-order valence-electron chi connectivity index (χ3n) is 4.58. The Hall–Kier alpha value is -2.50. The largest absolute Gasteiger partial charge is 0.490 e. The number of esters is 1. The van der Waals surface area contributed by atoms with Crippen LogP contribution in [-0.4, -0.2) is 24.7 Å². The van der Waals surface area contributed by atoms with Gasteiger partial charge >= 0.3 is 12.0 Å². The number of hydrogen-bond acceptors (Lipinski definition) is 4. The van der Waals surface area contributed by atoms with Crippen LogP contribution in [0.25, 0.3) is 0 Å². The van der Waals surface area contributed by atoms with Crippen molar-refractivity contribution in [2.24, 2.45) is 0 Å². The monoisotopic (exact) mass is 344 g/mol. The van der Waals surface area contributed by atoms with E-state index in [0.717, 1.165) is 24.2 Å². The molecule has 25 heavy (non-hydrogen) atoms. The van der Waals surface area contributed by atoms with Crippen molar-refractivity contribution in [2.45, 2.75) is 51.7 Å². The maximum absolute atomic E-state index is 12.3. The third kappa shape index (κ3) is 3.95. The molecule has 134 valence electrons. The molecule has 1 aromatic carbocycles. The van der Waals surface area contributed by atoms with Crippen LogP contribution >= 0.6 is 0 Å². The predicted octanol–water partition coefficient (Wildman–Crippen LogP) is 3.20. The molecule has 0 bridgehead atoms. The summed E-state index contributed by atoms with van der Waals surface area (Å²) in [5, 5.41) is 5.43. The first kappa shape index (κ1) is 17.3. The lowest BCUT2D eigenvalue weighted by atomic mass is 9.95. The molecule has 1 aliphatic carbocycles. The van der Waals surface area contributed by atoms with Gasteiger partial charge in [0.1, 0.15) is 5.75 Å². The lowest BCUT2D eigenvalue weighted by molar-refractivity contribution is -0.139. The second-order valence-corrected chi connectivity index (χ2v) is 6.38. The van der Waals surface area contributed by atoms with Crippen LogP contribution in [0, 0.1) is 0 Å². The van der Waals surface area contributed by atoms with Crippen molar-refractivity contribution >= 4 is 12.0 Å². The highest BCUT2D eigenvalue weighted by Gasteiger charge is 2.32. The first-order chi connectivity index (χ1) is 12.1. The van der Waals surface area contributed by atoms with Crippen LogP contribution in [0.2, 0.25) is 0 Å². The van der Waals surface area contributed by atoms with Crippen molar-refractivity contribution in [2.75, 3.05) is 6.61 Å². The summed E-state index contributed by atoms with van der Waals surface area (Å²) in [6.45, 7) is 3.74. The van der Waals surface area contributed by atoms with Gasteiger partial charge in [-0.15, -0.1) is 0 Å². The van der Waals surface area contributed by atoms with Crippen molar-refractivity contribution in [1.29, 1.82) is 0 Å². The minimum atomic E-state index is -0.534. The molecule has 2 N–H and O–H groups in total. The number of allylic oxidation sites excluding steroid dienone is 1. The topological polar surface area (TPSA) is 76.7 Å². The van der Waals surface area contributed by atoms with E-state index in [1.807, 2.05) is 24.3 Å². The number of carbonyl (C=O) groups excluding carboxylic acids is 2. The summed E-state index contributed by atoms with van der Waals surface area (Å²) >= 11 is 0. The first-order valence-electron chi connectivity index (χ1n) is 8.80. The van der Waals surface area contributed by atoms with Crippen molar-refractivity contribution in [1.82, 2.24) is 10.6 Å². The summed E-state index contributed by atoms with van der Waals surface area (Å²) in [4.78, 5) is 24.1. The highest BCUT2D eigenvalue weighted by molar-refractivity contribution is 5.95. The summed E-state index contributed by atoms with van der Waals surface area (Å²) in [5.41, 5.74) is 1.75. The van der Waals surface area contributed by atoms with Gasteiger partial charge in [-0.1, -0.05) is 12.1 Å². The van der Waals surface area contributed by atoms with Gasteiger partial charge in [-0.3, -0.25) is 0 Å². The van der Waals surface area contributed by atoms with Crippen LogP contribution in [0.4, 0.5) is 4.79 Å². The number of urea groups is 1. The van der Waals surface area contributed by atoms with E-state index in [-0.39, 0.29) is 12.6 Å². The van der Waals surface area contributed by atoms with Crippen molar-refractivity contribution in [3.63, 3.8) is 0 Å². The van der Waals surface area contributed by atoms with Gasteiger partial charge in [0.05, 0.1) is 24.3 Å². The molecule has 2 aliphatic rings. The van der Waals surface area contributed by atoms with Gasteiger partial charge in [-0.2, -0.15) is 0 Å². The van der Waals surface area contributed by atoms with Crippen LogP contribution in [0.5, 0.6) is 5.75 Å². The molecule has 2 amide bonds. The molecule has 1 atom stereocenters. The molecule has 1 aromatic rings. The molecule has 1 aliphatic heterocycles. The summed E-state index contributed by atoms with van der Waals surface area (Å²) in [6, 6.07) is 6.68. The Kier molecular flexibility index (Phi) is 5.26. The molecular formula is C19H24N2O4. The van der Waals surface area contributed by atoms with E-state index in [4.69, 9.17) is 9.47 Å². The summed E-state index contributed by atoms with van der Waals surface area (Å²) in [6.07, 6.45) is 4.93. The van der Waals surface area contributed by atoms with Gasteiger partial charge in [-0.05, 0) is 57.2 Å². The zero-order valence-corrected chi connectivity index (χ0v) is 14.6. The zero-order chi connectivity index (χ0) is 17.8. The molecule has 0 aromatic heterocycles. The van der Waals surface area contributed by atoms with Crippen LogP contribution in [0.3, 0.4) is 0 Å². The quantitative estimate of drug-likeness (QED) is 0.804. The van der Waals surface area contributed by atoms with Crippen LogP contribution in [0.15, 0.2) is 35.5 Å². The molecule has 0 unspecified atom stereocenters. The fourth-order valence-electron chi connectivity index (χ4n) is 3.36. The van der Waals surface area contributed by atoms with E-state index in [1.165, 1.54) is 12.8 Å². The van der Waals surface area contributed by atoms with Crippen LogP contribution < -0.4 is 15.4 Å². The van der Waals surface area contributed by atoms with E-state index >= 15 is 0 Å². The molecular weight excluding hydrogens is 320 g/mol. The normalized spacial score (nSPS) is 20.9. The van der Waals surface area contributed by atoms with E-state index in [0.29, 0.717) is 17.4 Å². The second kappa shape index (κ2) is 7.59. The third-order valence-corrected chi connectivity index (χ3v) is 4.58. The Morgan fingerprint density at radius 3 is 2.52 bits per heavy atom. The van der Waals surface area contributed by atoms with Crippen molar-refractivity contribution < 1.29 is 19.1 Å². The first-order valence-corrected chi connectivity index (χ1v) is 8.80. The molecule has 0 spiro atoms. The van der Waals surface area contributed by atoms with Gasteiger partial charge in [0, 0.05) is 5.70 Å². The molecule has 1 saturated carbocycles. The zero-order valence-electron chi connectivity index (χ0n) is 14.6. The SMILES string of the molecule is CCOC(=O)C1=C(C)NC(=O)N[C@H]1c1ccc(OC2CCCC2)cc1. The van der Waals surface area contributed by atoms with Crippen LogP contribution in [0.1, 0.15) is 51.1 Å². The Balaban J connectivity index is 1.81. The molecule has 6 heteroatoms. The lowest BCUT2D eigenvalue weighted by Crippen LogP contribution is -2.45.